The topological polar surface area (TPSA) is 87.6 Å². The number of anilines is 2. The zero-order valence-corrected chi connectivity index (χ0v) is 20.3. The Kier molecular flexibility index (Phi) is 6.74. The Bertz CT molecular complexity index is 1140. The maximum absolute atomic E-state index is 13.1. The van der Waals surface area contributed by atoms with Gasteiger partial charge in [0.1, 0.15) is 5.75 Å². The molecule has 2 aliphatic rings. The normalized spacial score (nSPS) is 16.9. The van der Waals surface area contributed by atoms with Crippen LogP contribution >= 0.6 is 0 Å². The Hall–Kier alpha value is -3.75. The van der Waals surface area contributed by atoms with E-state index in [1.54, 1.807) is 12.1 Å². The molecule has 0 atom stereocenters. The van der Waals surface area contributed by atoms with Gasteiger partial charge in [-0.1, -0.05) is 13.0 Å². The summed E-state index contributed by atoms with van der Waals surface area (Å²) in [7, 11) is 0. The number of hydrogen-bond acceptors (Lipinski definition) is 8. The highest BCUT2D eigenvalue weighted by Gasteiger charge is 2.24. The molecule has 0 bridgehead atoms. The Balaban J connectivity index is 1.16. The second-order valence-corrected chi connectivity index (χ2v) is 9.34. The molecule has 0 aliphatic carbocycles. The second kappa shape index (κ2) is 10.2. The van der Waals surface area contributed by atoms with Crippen LogP contribution in [0.5, 0.6) is 11.6 Å². The molecular weight excluding hydrogens is 442 g/mol. The van der Waals surface area contributed by atoms with Gasteiger partial charge in [0.25, 0.3) is 5.91 Å². The number of carbonyl (C=O) groups is 1. The summed E-state index contributed by atoms with van der Waals surface area (Å²) < 4.78 is 5.77. The minimum absolute atomic E-state index is 0.00847. The summed E-state index contributed by atoms with van der Waals surface area (Å²) in [5, 5.41) is 17.0. The lowest BCUT2D eigenvalue weighted by molar-refractivity contribution is 0.0746. The first-order valence-electron chi connectivity index (χ1n) is 12.3. The van der Waals surface area contributed by atoms with Gasteiger partial charge >= 0.3 is 0 Å². The number of hydrogen-bond donors (Lipinski definition) is 0. The summed E-state index contributed by atoms with van der Waals surface area (Å²) >= 11 is 0. The maximum Gasteiger partial charge on any atom is 0.254 e. The fourth-order valence-electron chi connectivity index (χ4n) is 4.47. The van der Waals surface area contributed by atoms with Gasteiger partial charge in [-0.25, -0.2) is 0 Å². The van der Waals surface area contributed by atoms with E-state index in [1.165, 1.54) is 12.8 Å². The van der Waals surface area contributed by atoms with Gasteiger partial charge in [0.2, 0.25) is 5.88 Å². The molecule has 1 amide bonds. The quantitative estimate of drug-likeness (QED) is 0.556. The first-order valence-corrected chi connectivity index (χ1v) is 12.3. The second-order valence-electron chi connectivity index (χ2n) is 9.34. The van der Waals surface area contributed by atoms with Gasteiger partial charge in [-0.2, -0.15) is 5.10 Å². The summed E-state index contributed by atoms with van der Waals surface area (Å²) in [6.07, 6.45) is 2.41. The molecule has 9 nitrogen and oxygen atoms in total. The highest BCUT2D eigenvalue weighted by atomic mass is 16.5. The largest absolute Gasteiger partial charge is 0.438 e. The standard InChI is InChI=1S/C26H31N7O2/c1-19-10-12-31(13-11-19)23-7-8-24(29-28-23)32-14-16-33(17-15-32)26(34)21-4-3-5-22(18-21)35-25-9-6-20(2)27-30-25/h3-9,18-19H,10-17H2,1-2H3. The monoisotopic (exact) mass is 473 g/mol. The van der Waals surface area contributed by atoms with Crippen molar-refractivity contribution in [1.29, 1.82) is 0 Å². The summed E-state index contributed by atoms with van der Waals surface area (Å²) in [5.41, 5.74) is 1.41. The number of amides is 1. The molecule has 0 spiro atoms. The van der Waals surface area contributed by atoms with E-state index in [-0.39, 0.29) is 5.91 Å². The number of ether oxygens (including phenoxy) is 1. The molecule has 2 aliphatic heterocycles. The zero-order chi connectivity index (χ0) is 24.2. The number of benzene rings is 1. The Labute approximate surface area is 205 Å². The van der Waals surface area contributed by atoms with Gasteiger partial charge in [-0.05, 0) is 62.1 Å². The van der Waals surface area contributed by atoms with Crippen LogP contribution in [0.1, 0.15) is 35.8 Å². The van der Waals surface area contributed by atoms with Gasteiger partial charge in [0, 0.05) is 50.9 Å². The molecule has 0 radical (unpaired) electrons. The molecule has 35 heavy (non-hydrogen) atoms. The van der Waals surface area contributed by atoms with Crippen molar-refractivity contribution in [3.8, 4) is 11.6 Å². The number of nitrogens with zero attached hydrogens (tertiary/aromatic N) is 7. The number of rotatable bonds is 5. The van der Waals surface area contributed by atoms with Crippen molar-refractivity contribution in [3.63, 3.8) is 0 Å². The third-order valence-corrected chi connectivity index (χ3v) is 6.71. The van der Waals surface area contributed by atoms with E-state index in [2.05, 4.69) is 43.2 Å². The lowest BCUT2D eigenvalue weighted by Gasteiger charge is -2.35. The average molecular weight is 474 g/mol. The van der Waals surface area contributed by atoms with Gasteiger partial charge in [-0.3, -0.25) is 4.79 Å². The van der Waals surface area contributed by atoms with Crippen LogP contribution < -0.4 is 14.5 Å². The van der Waals surface area contributed by atoms with E-state index in [1.807, 2.05) is 42.2 Å². The van der Waals surface area contributed by atoms with Crippen molar-refractivity contribution in [2.45, 2.75) is 26.7 Å². The fraction of sp³-hybridized carbons (Fsp3) is 0.423. The van der Waals surface area contributed by atoms with Crippen molar-refractivity contribution in [2.75, 3.05) is 49.1 Å². The molecule has 2 saturated heterocycles. The number of piperidine rings is 1. The summed E-state index contributed by atoms with van der Waals surface area (Å²) in [4.78, 5) is 19.5. The predicted molar refractivity (Wildman–Crippen MR) is 134 cm³/mol. The minimum atomic E-state index is -0.00847. The molecule has 182 valence electrons. The van der Waals surface area contributed by atoms with Gasteiger partial charge in [0.15, 0.2) is 11.6 Å². The lowest BCUT2D eigenvalue weighted by Crippen LogP contribution is -2.49. The van der Waals surface area contributed by atoms with E-state index in [4.69, 9.17) is 4.74 Å². The Morgan fingerprint density at radius 1 is 0.829 bits per heavy atom. The molecule has 1 aromatic carbocycles. The van der Waals surface area contributed by atoms with Crippen molar-refractivity contribution in [1.82, 2.24) is 25.3 Å². The SMILES string of the molecule is Cc1ccc(Oc2cccc(C(=O)N3CCN(c4ccc(N5CCC(C)CC5)nn4)CC3)c2)nn1. The van der Waals surface area contributed by atoms with Crippen molar-refractivity contribution >= 4 is 17.5 Å². The summed E-state index contributed by atoms with van der Waals surface area (Å²) in [6.45, 7) is 8.95. The first-order chi connectivity index (χ1) is 17.0. The van der Waals surface area contributed by atoms with E-state index in [9.17, 15) is 4.79 Å². The van der Waals surface area contributed by atoms with Gasteiger partial charge in [0.05, 0.1) is 5.69 Å². The Morgan fingerprint density at radius 2 is 1.51 bits per heavy atom. The summed E-state index contributed by atoms with van der Waals surface area (Å²) in [5.74, 6) is 3.55. The first kappa shape index (κ1) is 23.0. The number of aromatic nitrogens is 4. The third-order valence-electron chi connectivity index (χ3n) is 6.71. The van der Waals surface area contributed by atoms with Crippen LogP contribution in [0, 0.1) is 12.8 Å². The van der Waals surface area contributed by atoms with Gasteiger partial charge in [-0.15, -0.1) is 15.3 Å². The molecule has 4 heterocycles. The van der Waals surface area contributed by atoms with Crippen LogP contribution in [-0.2, 0) is 0 Å². The van der Waals surface area contributed by atoms with Crippen LogP contribution in [0.15, 0.2) is 48.5 Å². The summed E-state index contributed by atoms with van der Waals surface area (Å²) in [6, 6.07) is 14.9. The van der Waals surface area contributed by atoms with Crippen LogP contribution in [0.4, 0.5) is 11.6 Å². The minimum Gasteiger partial charge on any atom is -0.438 e. The molecule has 0 unspecified atom stereocenters. The average Bonchev–Trinajstić information content (AvgIpc) is 2.90. The number of piperazine rings is 1. The van der Waals surface area contributed by atoms with E-state index < -0.39 is 0 Å². The highest BCUT2D eigenvalue weighted by Crippen LogP contribution is 2.24. The lowest BCUT2D eigenvalue weighted by atomic mass is 9.99. The van der Waals surface area contributed by atoms with Crippen molar-refractivity contribution < 1.29 is 9.53 Å². The van der Waals surface area contributed by atoms with Crippen LogP contribution in [0.3, 0.4) is 0 Å². The van der Waals surface area contributed by atoms with Crippen LogP contribution in [-0.4, -0.2) is 70.5 Å². The number of aryl methyl sites for hydroxylation is 1. The molecular formula is C26H31N7O2. The number of carbonyl (C=O) groups excluding carboxylic acids is 1. The molecule has 2 fully saturated rings. The third kappa shape index (κ3) is 5.50. The van der Waals surface area contributed by atoms with Crippen LogP contribution in [0.25, 0.3) is 0 Å². The molecule has 9 heteroatoms. The van der Waals surface area contributed by atoms with Crippen molar-refractivity contribution in [3.05, 3.63) is 59.8 Å². The smallest absolute Gasteiger partial charge is 0.254 e. The molecule has 0 saturated carbocycles. The fourth-order valence-corrected chi connectivity index (χ4v) is 4.47. The van der Waals surface area contributed by atoms with E-state index in [0.717, 1.165) is 49.4 Å². The van der Waals surface area contributed by atoms with E-state index in [0.29, 0.717) is 30.3 Å². The van der Waals surface area contributed by atoms with Crippen LogP contribution in [0.2, 0.25) is 0 Å². The van der Waals surface area contributed by atoms with Crippen molar-refractivity contribution in [2.24, 2.45) is 5.92 Å². The molecule has 5 rings (SSSR count). The Morgan fingerprint density at radius 3 is 2.14 bits per heavy atom. The zero-order valence-electron chi connectivity index (χ0n) is 20.3. The maximum atomic E-state index is 13.1. The molecule has 2 aromatic heterocycles. The highest BCUT2D eigenvalue weighted by molar-refractivity contribution is 5.94. The molecule has 3 aromatic rings. The van der Waals surface area contributed by atoms with Gasteiger partial charge < -0.3 is 19.4 Å². The predicted octanol–water partition coefficient (Wildman–Crippen LogP) is 3.57. The molecule has 0 N–H and O–H groups in total. The van der Waals surface area contributed by atoms with E-state index >= 15 is 0 Å².